The Kier molecular flexibility index (Phi) is 4.68. The Labute approximate surface area is 140 Å². The van der Waals surface area contributed by atoms with Crippen LogP contribution in [0.4, 0.5) is 0 Å². The minimum absolute atomic E-state index is 0.0672. The number of aromatic nitrogens is 1. The van der Waals surface area contributed by atoms with Crippen molar-refractivity contribution in [3.8, 4) is 11.3 Å². The molecule has 0 saturated carbocycles. The van der Waals surface area contributed by atoms with Gasteiger partial charge in [-0.3, -0.25) is 4.79 Å². The molecule has 6 heteroatoms. The summed E-state index contributed by atoms with van der Waals surface area (Å²) in [5, 5.41) is 4.55. The molecule has 1 saturated heterocycles. The van der Waals surface area contributed by atoms with E-state index in [2.05, 4.69) is 12.1 Å². The third-order valence-corrected chi connectivity index (χ3v) is 4.58. The molecule has 1 aliphatic heterocycles. The number of hydrogen-bond donors (Lipinski definition) is 1. The zero-order chi connectivity index (χ0) is 16.4. The molecule has 0 aliphatic carbocycles. The van der Waals surface area contributed by atoms with Crippen LogP contribution in [0.1, 0.15) is 30.3 Å². The summed E-state index contributed by atoms with van der Waals surface area (Å²) in [6.07, 6.45) is 1.92. The van der Waals surface area contributed by atoms with E-state index in [0.29, 0.717) is 35.5 Å². The van der Waals surface area contributed by atoms with Crippen molar-refractivity contribution in [1.29, 1.82) is 0 Å². The highest BCUT2D eigenvalue weighted by atomic mass is 35.5. The first kappa shape index (κ1) is 16.0. The summed E-state index contributed by atoms with van der Waals surface area (Å²) in [6.45, 7) is 3.37. The van der Waals surface area contributed by atoms with Crippen LogP contribution in [-0.4, -0.2) is 35.1 Å². The number of benzene rings is 1. The Balaban J connectivity index is 1.81. The fraction of sp³-hybridized carbons (Fsp3) is 0.412. The van der Waals surface area contributed by atoms with Crippen LogP contribution in [0.15, 0.2) is 34.9 Å². The summed E-state index contributed by atoms with van der Waals surface area (Å²) >= 11 is 5.99. The average molecular weight is 334 g/mol. The number of halogens is 1. The van der Waals surface area contributed by atoms with Gasteiger partial charge in [0.15, 0.2) is 11.5 Å². The molecule has 122 valence electrons. The number of carbonyl (C=O) groups is 1. The average Bonchev–Trinajstić information content (AvgIpc) is 3.04. The Morgan fingerprint density at radius 2 is 2.30 bits per heavy atom. The van der Waals surface area contributed by atoms with Gasteiger partial charge >= 0.3 is 0 Å². The van der Waals surface area contributed by atoms with Gasteiger partial charge in [-0.25, -0.2) is 0 Å². The minimum atomic E-state index is -0.121. The summed E-state index contributed by atoms with van der Waals surface area (Å²) in [7, 11) is 0. The fourth-order valence-electron chi connectivity index (χ4n) is 3.04. The van der Waals surface area contributed by atoms with Crippen molar-refractivity contribution in [1.82, 2.24) is 10.1 Å². The Morgan fingerprint density at radius 3 is 3.04 bits per heavy atom. The van der Waals surface area contributed by atoms with Crippen LogP contribution in [0.25, 0.3) is 11.3 Å². The number of hydrogen-bond acceptors (Lipinski definition) is 4. The number of carbonyl (C=O) groups excluding carboxylic acids is 1. The van der Waals surface area contributed by atoms with E-state index in [0.717, 1.165) is 18.4 Å². The summed E-state index contributed by atoms with van der Waals surface area (Å²) < 4.78 is 5.32. The monoisotopic (exact) mass is 333 g/mol. The molecule has 2 N–H and O–H groups in total. The van der Waals surface area contributed by atoms with Gasteiger partial charge < -0.3 is 15.2 Å². The number of nitrogens with zero attached hydrogens (tertiary/aromatic N) is 2. The topological polar surface area (TPSA) is 72.4 Å². The first-order chi connectivity index (χ1) is 11.1. The second-order valence-electron chi connectivity index (χ2n) is 6.10. The van der Waals surface area contributed by atoms with E-state index in [1.54, 1.807) is 18.2 Å². The van der Waals surface area contributed by atoms with Crippen LogP contribution in [0.3, 0.4) is 0 Å². The van der Waals surface area contributed by atoms with Crippen molar-refractivity contribution in [3.05, 3.63) is 41.0 Å². The zero-order valence-electron chi connectivity index (χ0n) is 13.0. The van der Waals surface area contributed by atoms with E-state index in [1.807, 2.05) is 17.0 Å². The normalized spacial score (nSPS) is 21.4. The molecular formula is C17H20ClN3O2. The molecule has 3 rings (SSSR count). The quantitative estimate of drug-likeness (QED) is 0.936. The molecule has 1 aromatic heterocycles. The van der Waals surface area contributed by atoms with Gasteiger partial charge in [0.05, 0.1) is 0 Å². The highest BCUT2D eigenvalue weighted by molar-refractivity contribution is 6.30. The first-order valence-electron chi connectivity index (χ1n) is 7.82. The smallest absolute Gasteiger partial charge is 0.276 e. The molecule has 1 aromatic carbocycles. The lowest BCUT2D eigenvalue weighted by atomic mass is 9.92. The van der Waals surface area contributed by atoms with E-state index in [9.17, 15) is 4.79 Å². The zero-order valence-corrected chi connectivity index (χ0v) is 13.8. The number of rotatable bonds is 3. The molecule has 1 amide bonds. The molecule has 0 bridgehead atoms. The van der Waals surface area contributed by atoms with Crippen molar-refractivity contribution in [3.63, 3.8) is 0 Å². The van der Waals surface area contributed by atoms with Crippen molar-refractivity contribution in [2.24, 2.45) is 11.7 Å². The van der Waals surface area contributed by atoms with Crippen LogP contribution >= 0.6 is 11.6 Å². The molecule has 5 nitrogen and oxygen atoms in total. The molecule has 2 unspecified atom stereocenters. The van der Waals surface area contributed by atoms with Crippen molar-refractivity contribution < 1.29 is 9.32 Å². The maximum atomic E-state index is 12.7. The predicted molar refractivity (Wildman–Crippen MR) is 89.2 cm³/mol. The molecule has 2 aromatic rings. The summed E-state index contributed by atoms with van der Waals surface area (Å²) in [5.74, 6) is 1.00. The van der Waals surface area contributed by atoms with Crippen LogP contribution in [0.5, 0.6) is 0 Å². The first-order valence-corrected chi connectivity index (χ1v) is 8.20. The van der Waals surface area contributed by atoms with Gasteiger partial charge in [-0.15, -0.1) is 0 Å². The van der Waals surface area contributed by atoms with E-state index < -0.39 is 0 Å². The number of nitrogens with two attached hydrogens (primary N) is 1. The Hall–Kier alpha value is -1.85. The van der Waals surface area contributed by atoms with Gasteiger partial charge in [-0.1, -0.05) is 35.8 Å². The van der Waals surface area contributed by atoms with Crippen molar-refractivity contribution >= 4 is 17.5 Å². The lowest BCUT2D eigenvalue weighted by molar-refractivity contribution is 0.0563. The molecule has 0 radical (unpaired) electrons. The Morgan fingerprint density at radius 1 is 1.48 bits per heavy atom. The largest absolute Gasteiger partial charge is 0.355 e. The molecular weight excluding hydrogens is 314 g/mol. The number of amides is 1. The van der Waals surface area contributed by atoms with Gasteiger partial charge in [-0.05, 0) is 30.9 Å². The maximum absolute atomic E-state index is 12.7. The number of piperidine rings is 1. The third-order valence-electron chi connectivity index (χ3n) is 4.35. The fourth-order valence-corrected chi connectivity index (χ4v) is 3.23. The summed E-state index contributed by atoms with van der Waals surface area (Å²) in [5.41, 5.74) is 6.94. The second-order valence-corrected chi connectivity index (χ2v) is 6.54. The molecule has 2 heterocycles. The molecule has 0 spiro atoms. The summed E-state index contributed by atoms with van der Waals surface area (Å²) in [4.78, 5) is 14.5. The Bertz CT molecular complexity index is 701. The highest BCUT2D eigenvalue weighted by Gasteiger charge is 2.31. The SMILES string of the molecule is CC1CCN(C(=O)c2cc(-c3cccc(Cl)c3)on2)C(CN)C1. The molecule has 2 atom stereocenters. The maximum Gasteiger partial charge on any atom is 0.276 e. The van der Waals surface area contributed by atoms with Crippen LogP contribution < -0.4 is 5.73 Å². The van der Waals surface area contributed by atoms with E-state index in [4.69, 9.17) is 21.9 Å². The minimum Gasteiger partial charge on any atom is -0.355 e. The van der Waals surface area contributed by atoms with Crippen LogP contribution in [0, 0.1) is 5.92 Å². The lowest BCUT2D eigenvalue weighted by Gasteiger charge is -2.37. The van der Waals surface area contributed by atoms with E-state index in [1.165, 1.54) is 0 Å². The standard InChI is InChI=1S/C17H20ClN3O2/c1-11-5-6-21(14(7-11)10-19)17(22)15-9-16(23-20-15)12-3-2-4-13(18)8-12/h2-4,8-9,11,14H,5-7,10,19H2,1H3. The van der Waals surface area contributed by atoms with Crippen LogP contribution in [-0.2, 0) is 0 Å². The van der Waals surface area contributed by atoms with Gasteiger partial charge in [0.25, 0.3) is 5.91 Å². The van der Waals surface area contributed by atoms with Crippen molar-refractivity contribution in [2.45, 2.75) is 25.8 Å². The van der Waals surface area contributed by atoms with Gasteiger partial charge in [0.1, 0.15) is 0 Å². The van der Waals surface area contributed by atoms with Crippen molar-refractivity contribution in [2.75, 3.05) is 13.1 Å². The molecule has 1 fully saturated rings. The van der Waals surface area contributed by atoms with Gasteiger partial charge in [0, 0.05) is 35.8 Å². The third kappa shape index (κ3) is 3.41. The number of likely N-dealkylation sites (tertiary alicyclic amines) is 1. The lowest BCUT2D eigenvalue weighted by Crippen LogP contribution is -2.49. The van der Waals surface area contributed by atoms with Crippen LogP contribution in [0.2, 0.25) is 5.02 Å². The summed E-state index contributed by atoms with van der Waals surface area (Å²) in [6, 6.07) is 9.00. The molecule has 23 heavy (non-hydrogen) atoms. The second kappa shape index (κ2) is 6.72. The van der Waals surface area contributed by atoms with Gasteiger partial charge in [-0.2, -0.15) is 0 Å². The molecule has 1 aliphatic rings. The predicted octanol–water partition coefficient (Wildman–Crippen LogP) is 3.19. The van der Waals surface area contributed by atoms with E-state index >= 15 is 0 Å². The van der Waals surface area contributed by atoms with Gasteiger partial charge in [0.2, 0.25) is 0 Å². The van der Waals surface area contributed by atoms with E-state index in [-0.39, 0.29) is 11.9 Å². The highest BCUT2D eigenvalue weighted by Crippen LogP contribution is 2.26.